The van der Waals surface area contributed by atoms with Crippen LogP contribution in [-0.4, -0.2) is 121 Å². The lowest BCUT2D eigenvalue weighted by Gasteiger charge is -2.29. The Morgan fingerprint density at radius 3 is 1.44 bits per heavy atom. The molecule has 1 saturated carbocycles. The highest BCUT2D eigenvalue weighted by atomic mass is 16.4. The monoisotopic (exact) mass is 785 g/mol. The number of amides is 5. The largest absolute Gasteiger partial charge is 0.481 e. The Balaban J connectivity index is 2.84. The fourth-order valence-electron chi connectivity index (χ4n) is 5.73. The highest BCUT2D eigenvalue weighted by Crippen LogP contribution is 2.28. The standard InChI is InChI=1S/C34H51N5O16/c1-18(40)21(10-14-28(45)46)37-33(53)23(12-16-30(49)50)38-32(52)22(11-15-29(47)48)36-26(42)13-9-24(34(54)55)39-31(51)20-7-5-19(6-8-20)17-35-25(41)3-2-4-27(43)44/h19-24H,2-17H2,1H3,(H,35,41)(H,36,42)(H,37,53)(H,38,52)(H,39,51)(H,43,44)(H,45,46)(H,47,48)(H,49,50)(H,54,55)/t19-,20-,21-,22-,23-,24-/m0/s1. The van der Waals surface area contributed by atoms with E-state index in [1.165, 1.54) is 0 Å². The van der Waals surface area contributed by atoms with E-state index in [-0.39, 0.29) is 37.5 Å². The lowest BCUT2D eigenvalue weighted by atomic mass is 9.81. The van der Waals surface area contributed by atoms with E-state index in [4.69, 9.17) is 15.3 Å². The first-order chi connectivity index (χ1) is 25.8. The number of hydrogen-bond donors (Lipinski definition) is 10. The van der Waals surface area contributed by atoms with Gasteiger partial charge >= 0.3 is 29.8 Å². The number of carbonyl (C=O) groups excluding carboxylic acids is 6. The molecule has 0 saturated heterocycles. The van der Waals surface area contributed by atoms with Crippen molar-refractivity contribution in [1.82, 2.24) is 26.6 Å². The first-order valence-electron chi connectivity index (χ1n) is 17.9. The number of carboxylic acid groups (broad SMARTS) is 5. The minimum absolute atomic E-state index is 0.0702. The Labute approximate surface area is 315 Å². The average Bonchev–Trinajstić information content (AvgIpc) is 3.10. The topological polar surface area (TPSA) is 349 Å². The summed E-state index contributed by atoms with van der Waals surface area (Å²) in [4.78, 5) is 132. The van der Waals surface area contributed by atoms with Gasteiger partial charge in [0.15, 0.2) is 5.78 Å². The van der Waals surface area contributed by atoms with E-state index in [1.54, 1.807) is 0 Å². The lowest BCUT2D eigenvalue weighted by Crippen LogP contribution is -2.55. The van der Waals surface area contributed by atoms with Crippen molar-refractivity contribution in [2.75, 3.05) is 6.54 Å². The number of aliphatic carboxylic acids is 5. The maximum absolute atomic E-state index is 13.2. The number of ketones is 1. The number of hydrogen-bond acceptors (Lipinski definition) is 11. The summed E-state index contributed by atoms with van der Waals surface area (Å²) in [7, 11) is 0. The number of carboxylic acids is 5. The maximum Gasteiger partial charge on any atom is 0.326 e. The van der Waals surface area contributed by atoms with Crippen LogP contribution in [0.25, 0.3) is 0 Å². The summed E-state index contributed by atoms with van der Waals surface area (Å²) < 4.78 is 0. The second kappa shape index (κ2) is 24.6. The van der Waals surface area contributed by atoms with Gasteiger partial charge in [0, 0.05) is 51.0 Å². The van der Waals surface area contributed by atoms with Crippen LogP contribution in [0.3, 0.4) is 0 Å². The molecule has 1 rings (SSSR count). The van der Waals surface area contributed by atoms with Crippen molar-refractivity contribution in [3.63, 3.8) is 0 Å². The van der Waals surface area contributed by atoms with Crippen molar-refractivity contribution in [2.45, 2.75) is 127 Å². The van der Waals surface area contributed by atoms with Crippen molar-refractivity contribution in [2.24, 2.45) is 11.8 Å². The fourth-order valence-corrected chi connectivity index (χ4v) is 5.73. The second-order valence-electron chi connectivity index (χ2n) is 13.4. The average molecular weight is 786 g/mol. The van der Waals surface area contributed by atoms with Crippen LogP contribution in [0.2, 0.25) is 0 Å². The Hall–Kier alpha value is -5.63. The molecule has 21 heteroatoms. The van der Waals surface area contributed by atoms with E-state index in [2.05, 4.69) is 26.6 Å². The third-order valence-electron chi connectivity index (χ3n) is 8.91. The summed E-state index contributed by atoms with van der Waals surface area (Å²) in [6, 6.07) is -5.99. The third-order valence-corrected chi connectivity index (χ3v) is 8.91. The Kier molecular flexibility index (Phi) is 21.2. The van der Waals surface area contributed by atoms with E-state index in [9.17, 15) is 63.0 Å². The summed E-state index contributed by atoms with van der Waals surface area (Å²) in [5, 5.41) is 57.6. The van der Waals surface area contributed by atoms with E-state index in [0.29, 0.717) is 32.2 Å². The zero-order valence-electron chi connectivity index (χ0n) is 30.5. The zero-order chi connectivity index (χ0) is 41.7. The van der Waals surface area contributed by atoms with Crippen molar-refractivity contribution < 1.29 is 78.3 Å². The molecule has 0 unspecified atom stereocenters. The highest BCUT2D eigenvalue weighted by Gasteiger charge is 2.32. The maximum atomic E-state index is 13.2. The molecule has 0 aromatic rings. The SMILES string of the molecule is CC(=O)[C@H](CCC(=O)O)NC(=O)[C@H](CCC(=O)O)NC(=O)[C@H](CCC(=O)O)NC(=O)CC[C@H](NC(=O)[C@H]1CC[C@H](CNC(=O)CCCC(=O)O)CC1)C(=O)O. The van der Waals surface area contributed by atoms with Crippen molar-refractivity contribution in [1.29, 1.82) is 0 Å². The molecular formula is C34H51N5O16. The fraction of sp³-hybridized carbons (Fsp3) is 0.676. The molecule has 55 heavy (non-hydrogen) atoms. The Bertz CT molecular complexity index is 1430. The van der Waals surface area contributed by atoms with E-state index in [1.807, 2.05) is 0 Å². The van der Waals surface area contributed by atoms with Crippen LogP contribution in [0.5, 0.6) is 0 Å². The summed E-state index contributed by atoms with van der Waals surface area (Å²) in [5.74, 6) is -11.3. The number of rotatable bonds is 27. The molecule has 0 aromatic heterocycles. The molecule has 1 aliphatic rings. The van der Waals surface area contributed by atoms with Crippen LogP contribution in [0.1, 0.15) is 103 Å². The lowest BCUT2D eigenvalue weighted by molar-refractivity contribution is -0.143. The van der Waals surface area contributed by atoms with Gasteiger partial charge in [-0.3, -0.25) is 47.9 Å². The third kappa shape index (κ3) is 20.4. The number of nitrogens with one attached hydrogen (secondary N) is 5. The van der Waals surface area contributed by atoms with Gasteiger partial charge in [0.25, 0.3) is 0 Å². The first kappa shape index (κ1) is 47.4. The van der Waals surface area contributed by atoms with E-state index in [0.717, 1.165) is 6.92 Å². The van der Waals surface area contributed by atoms with Gasteiger partial charge in [-0.25, -0.2) is 4.79 Å². The molecule has 308 valence electrons. The smallest absolute Gasteiger partial charge is 0.326 e. The molecule has 1 aliphatic carbocycles. The molecule has 0 spiro atoms. The minimum Gasteiger partial charge on any atom is -0.481 e. The van der Waals surface area contributed by atoms with Gasteiger partial charge in [-0.1, -0.05) is 0 Å². The van der Waals surface area contributed by atoms with Gasteiger partial charge in [-0.05, 0) is 70.6 Å². The Morgan fingerprint density at radius 2 is 0.964 bits per heavy atom. The minimum atomic E-state index is -1.60. The van der Waals surface area contributed by atoms with Gasteiger partial charge in [0.05, 0.1) is 6.04 Å². The molecule has 4 atom stereocenters. The van der Waals surface area contributed by atoms with Gasteiger partial charge in [0.1, 0.15) is 18.1 Å². The summed E-state index contributed by atoms with van der Waals surface area (Å²) in [6.45, 7) is 1.44. The molecule has 0 radical (unpaired) electrons. The van der Waals surface area contributed by atoms with E-state index >= 15 is 0 Å². The number of carbonyl (C=O) groups is 11. The molecule has 10 N–H and O–H groups in total. The quantitative estimate of drug-likeness (QED) is 0.0485. The molecule has 1 fully saturated rings. The predicted octanol–water partition coefficient (Wildman–Crippen LogP) is -0.849. The van der Waals surface area contributed by atoms with Crippen LogP contribution in [0.15, 0.2) is 0 Å². The van der Waals surface area contributed by atoms with Crippen LogP contribution in [-0.2, 0) is 52.7 Å². The summed E-state index contributed by atoms with van der Waals surface area (Å²) in [6.07, 6.45) is -1.91. The molecule has 0 aliphatic heterocycles. The molecule has 0 bridgehead atoms. The molecule has 21 nitrogen and oxygen atoms in total. The van der Waals surface area contributed by atoms with Gasteiger partial charge in [-0.15, -0.1) is 0 Å². The molecule has 0 aromatic carbocycles. The number of Topliss-reactive ketones (excluding diaryl/α,β-unsaturated/α-hetero) is 1. The van der Waals surface area contributed by atoms with E-state index < -0.39 is 134 Å². The predicted molar refractivity (Wildman–Crippen MR) is 186 cm³/mol. The van der Waals surface area contributed by atoms with Gasteiger partial charge in [-0.2, -0.15) is 0 Å². The van der Waals surface area contributed by atoms with Gasteiger partial charge < -0.3 is 52.1 Å². The van der Waals surface area contributed by atoms with Crippen LogP contribution in [0, 0.1) is 11.8 Å². The zero-order valence-corrected chi connectivity index (χ0v) is 30.5. The van der Waals surface area contributed by atoms with Crippen LogP contribution >= 0.6 is 0 Å². The van der Waals surface area contributed by atoms with Crippen molar-refractivity contribution in [3.05, 3.63) is 0 Å². The molecule has 0 heterocycles. The molecular weight excluding hydrogens is 734 g/mol. The Morgan fingerprint density at radius 1 is 0.509 bits per heavy atom. The summed E-state index contributed by atoms with van der Waals surface area (Å²) >= 11 is 0. The van der Waals surface area contributed by atoms with Gasteiger partial charge in [0.2, 0.25) is 29.5 Å². The normalized spacial score (nSPS) is 17.2. The molecule has 5 amide bonds. The van der Waals surface area contributed by atoms with Crippen LogP contribution < -0.4 is 26.6 Å². The second-order valence-corrected chi connectivity index (χ2v) is 13.4. The highest BCUT2D eigenvalue weighted by molar-refractivity contribution is 5.95. The van der Waals surface area contributed by atoms with Crippen molar-refractivity contribution >= 4 is 65.2 Å². The summed E-state index contributed by atoms with van der Waals surface area (Å²) in [5.41, 5.74) is 0. The van der Waals surface area contributed by atoms with Crippen LogP contribution in [0.4, 0.5) is 0 Å². The first-order valence-corrected chi connectivity index (χ1v) is 17.9. The van der Waals surface area contributed by atoms with Crippen molar-refractivity contribution in [3.8, 4) is 0 Å².